The molecule has 158 valence electrons. The third-order valence-electron chi connectivity index (χ3n) is 5.57. The fraction of sp³-hybridized carbons (Fsp3) is 0.478. The number of nitrogens with zero attached hydrogens (tertiary/aromatic N) is 2. The molecule has 1 fully saturated rings. The van der Waals surface area contributed by atoms with Crippen molar-refractivity contribution < 1.29 is 12.8 Å². The Balaban J connectivity index is 1.87. The molecule has 0 radical (unpaired) electrons. The second-order valence-electron chi connectivity index (χ2n) is 8.35. The number of likely N-dealkylation sites (tertiary alicyclic amines) is 1. The van der Waals surface area contributed by atoms with Crippen molar-refractivity contribution in [3.63, 3.8) is 0 Å². The van der Waals surface area contributed by atoms with Crippen molar-refractivity contribution in [2.45, 2.75) is 51.0 Å². The van der Waals surface area contributed by atoms with Gasteiger partial charge in [-0.05, 0) is 75.0 Å². The Labute approximate surface area is 174 Å². The lowest BCUT2D eigenvalue weighted by Gasteiger charge is -2.39. The fourth-order valence-electron chi connectivity index (χ4n) is 3.78. The van der Waals surface area contributed by atoms with E-state index in [4.69, 9.17) is 0 Å². The molecular weight excluding hydrogens is 387 g/mol. The topological polar surface area (TPSA) is 40.6 Å². The second-order valence-corrected chi connectivity index (χ2v) is 10.2. The number of benzene rings is 2. The van der Waals surface area contributed by atoms with Crippen molar-refractivity contribution in [1.29, 1.82) is 0 Å². The minimum absolute atomic E-state index is 0.108. The summed E-state index contributed by atoms with van der Waals surface area (Å²) in [5.41, 5.74) is 1.75. The molecule has 0 spiro atoms. The van der Waals surface area contributed by atoms with Gasteiger partial charge >= 0.3 is 0 Å². The van der Waals surface area contributed by atoms with E-state index in [1.54, 1.807) is 4.31 Å². The third-order valence-corrected chi connectivity index (χ3v) is 7.47. The predicted molar refractivity (Wildman–Crippen MR) is 116 cm³/mol. The van der Waals surface area contributed by atoms with Gasteiger partial charge in [-0.25, -0.2) is 12.8 Å². The van der Waals surface area contributed by atoms with Gasteiger partial charge in [0.05, 0.1) is 10.6 Å². The van der Waals surface area contributed by atoms with E-state index < -0.39 is 15.8 Å². The van der Waals surface area contributed by atoms with Crippen molar-refractivity contribution in [3.8, 4) is 0 Å². The second kappa shape index (κ2) is 9.26. The number of anilines is 1. The number of halogens is 1. The maximum absolute atomic E-state index is 13.5. The molecule has 1 aliphatic rings. The van der Waals surface area contributed by atoms with E-state index in [-0.39, 0.29) is 10.9 Å². The van der Waals surface area contributed by atoms with Crippen LogP contribution in [0.25, 0.3) is 0 Å². The lowest BCUT2D eigenvalue weighted by atomic mass is 10.0. The first-order chi connectivity index (χ1) is 13.8. The summed E-state index contributed by atoms with van der Waals surface area (Å²) in [5, 5.41) is 0. The van der Waals surface area contributed by atoms with E-state index >= 15 is 0 Å². The van der Waals surface area contributed by atoms with E-state index in [1.165, 1.54) is 24.3 Å². The van der Waals surface area contributed by atoms with Crippen molar-refractivity contribution in [2.75, 3.05) is 23.9 Å². The van der Waals surface area contributed by atoms with Gasteiger partial charge in [0.1, 0.15) is 5.82 Å². The molecule has 1 aliphatic heterocycles. The summed E-state index contributed by atoms with van der Waals surface area (Å²) < 4.78 is 41.9. The Morgan fingerprint density at radius 1 is 1.03 bits per heavy atom. The van der Waals surface area contributed by atoms with Crippen molar-refractivity contribution in [3.05, 3.63) is 59.9 Å². The molecule has 29 heavy (non-hydrogen) atoms. The molecule has 1 saturated heterocycles. The minimum atomic E-state index is -3.78. The molecule has 0 aliphatic carbocycles. The van der Waals surface area contributed by atoms with E-state index in [0.29, 0.717) is 11.6 Å². The monoisotopic (exact) mass is 418 g/mol. The largest absolute Gasteiger partial charge is 0.303 e. The Morgan fingerprint density at radius 2 is 1.62 bits per heavy atom. The zero-order chi connectivity index (χ0) is 21.0. The first-order valence-electron chi connectivity index (χ1n) is 10.4. The van der Waals surface area contributed by atoms with Crippen LogP contribution >= 0.6 is 0 Å². The molecule has 2 aromatic carbocycles. The number of hydrogen-bond acceptors (Lipinski definition) is 3. The Kier molecular flexibility index (Phi) is 6.96. The summed E-state index contributed by atoms with van der Waals surface area (Å²) in [6.45, 7) is 9.26. The van der Waals surface area contributed by atoms with E-state index in [2.05, 4.69) is 18.7 Å². The number of hydrogen-bond donors (Lipinski definition) is 0. The van der Waals surface area contributed by atoms with Gasteiger partial charge in [0.25, 0.3) is 10.0 Å². The normalized spacial score (nSPS) is 16.3. The highest BCUT2D eigenvalue weighted by Gasteiger charge is 2.34. The molecule has 0 amide bonds. The van der Waals surface area contributed by atoms with Crippen LogP contribution < -0.4 is 4.31 Å². The van der Waals surface area contributed by atoms with Gasteiger partial charge in [-0.3, -0.25) is 4.31 Å². The maximum atomic E-state index is 13.5. The minimum Gasteiger partial charge on any atom is -0.303 e. The molecule has 2 aromatic rings. The first kappa shape index (κ1) is 21.8. The van der Waals surface area contributed by atoms with Crippen LogP contribution in [0.4, 0.5) is 10.1 Å². The first-order valence-corrected chi connectivity index (χ1v) is 11.8. The lowest BCUT2D eigenvalue weighted by molar-refractivity contribution is 0.204. The highest BCUT2D eigenvalue weighted by molar-refractivity contribution is 7.92. The average molecular weight is 419 g/mol. The van der Waals surface area contributed by atoms with Crippen LogP contribution in [0.15, 0.2) is 53.4 Å². The molecule has 1 heterocycles. The maximum Gasteiger partial charge on any atom is 0.264 e. The lowest BCUT2D eigenvalue weighted by Crippen LogP contribution is -2.47. The molecule has 0 bridgehead atoms. The molecule has 0 unspecified atom stereocenters. The number of rotatable bonds is 7. The van der Waals surface area contributed by atoms with Crippen molar-refractivity contribution >= 4 is 15.7 Å². The van der Waals surface area contributed by atoms with Gasteiger partial charge in [0, 0.05) is 19.1 Å². The van der Waals surface area contributed by atoms with Gasteiger partial charge in [-0.2, -0.15) is 0 Å². The van der Waals surface area contributed by atoms with Crippen LogP contribution in [0.5, 0.6) is 0 Å². The van der Waals surface area contributed by atoms with E-state index in [9.17, 15) is 12.8 Å². The number of aryl methyl sites for hydroxylation is 1. The summed E-state index contributed by atoms with van der Waals surface area (Å²) in [7, 11) is -3.78. The molecule has 0 aromatic heterocycles. The SMILES string of the molecule is Cc1ccc(N(C2CCN(CCC(C)C)CC2)S(=O)(=O)c2ccc(F)cc2)cc1. The van der Waals surface area contributed by atoms with E-state index in [1.807, 2.05) is 31.2 Å². The third kappa shape index (κ3) is 5.37. The highest BCUT2D eigenvalue weighted by Crippen LogP contribution is 2.31. The van der Waals surface area contributed by atoms with Gasteiger partial charge in [0.15, 0.2) is 0 Å². The van der Waals surface area contributed by atoms with Crippen molar-refractivity contribution in [2.24, 2.45) is 5.92 Å². The standard InChI is InChI=1S/C23H31FN2O2S/c1-18(2)12-15-25-16-13-22(14-17-25)26(21-8-4-19(3)5-9-21)29(27,28)23-10-6-20(24)7-11-23/h4-11,18,22H,12-17H2,1-3H3. The van der Waals surface area contributed by atoms with E-state index in [0.717, 1.165) is 44.5 Å². The van der Waals surface area contributed by atoms with Crippen LogP contribution in [-0.4, -0.2) is 39.0 Å². The fourth-order valence-corrected chi connectivity index (χ4v) is 5.49. The Morgan fingerprint density at radius 3 is 2.17 bits per heavy atom. The predicted octanol–water partition coefficient (Wildman–Crippen LogP) is 4.84. The Bertz CT molecular complexity index is 887. The summed E-state index contributed by atoms with van der Waals surface area (Å²) in [6, 6.07) is 12.6. The number of piperidine rings is 1. The Hall–Kier alpha value is -1.92. The molecule has 0 atom stereocenters. The van der Waals surface area contributed by atoms with Crippen LogP contribution in [0.3, 0.4) is 0 Å². The quantitative estimate of drug-likeness (QED) is 0.646. The highest BCUT2D eigenvalue weighted by atomic mass is 32.2. The molecule has 0 saturated carbocycles. The zero-order valence-electron chi connectivity index (χ0n) is 17.5. The molecule has 0 N–H and O–H groups in total. The van der Waals surface area contributed by atoms with Crippen molar-refractivity contribution in [1.82, 2.24) is 4.90 Å². The smallest absolute Gasteiger partial charge is 0.264 e. The van der Waals surface area contributed by atoms with Gasteiger partial charge in [-0.15, -0.1) is 0 Å². The van der Waals surface area contributed by atoms with Gasteiger partial charge in [0.2, 0.25) is 0 Å². The van der Waals surface area contributed by atoms with Crippen LogP contribution in [-0.2, 0) is 10.0 Å². The van der Waals surface area contributed by atoms with Gasteiger partial charge < -0.3 is 4.90 Å². The molecule has 3 rings (SSSR count). The number of sulfonamides is 1. The molecule has 4 nitrogen and oxygen atoms in total. The molecule has 6 heteroatoms. The summed E-state index contributed by atoms with van der Waals surface area (Å²) in [4.78, 5) is 2.55. The average Bonchev–Trinajstić information content (AvgIpc) is 2.69. The van der Waals surface area contributed by atoms with Crippen LogP contribution in [0.1, 0.15) is 38.7 Å². The summed E-state index contributed by atoms with van der Waals surface area (Å²) in [6.07, 6.45) is 2.72. The van der Waals surface area contributed by atoms with Crippen LogP contribution in [0, 0.1) is 18.7 Å². The summed E-state index contributed by atoms with van der Waals surface area (Å²) in [5.74, 6) is 0.222. The van der Waals surface area contributed by atoms with Crippen LogP contribution in [0.2, 0.25) is 0 Å². The zero-order valence-corrected chi connectivity index (χ0v) is 18.3. The molecular formula is C23H31FN2O2S. The van der Waals surface area contributed by atoms with Gasteiger partial charge in [-0.1, -0.05) is 31.5 Å². The summed E-state index contributed by atoms with van der Waals surface area (Å²) >= 11 is 0.